The van der Waals surface area contributed by atoms with Crippen LogP contribution >= 0.6 is 23.1 Å². The highest BCUT2D eigenvalue weighted by Gasteiger charge is 2.15. The summed E-state index contributed by atoms with van der Waals surface area (Å²) < 4.78 is 15.5. The van der Waals surface area contributed by atoms with Crippen LogP contribution in [0.2, 0.25) is 0 Å². The fraction of sp³-hybridized carbons (Fsp3) is 0.100. The third kappa shape index (κ3) is 3.86. The van der Waals surface area contributed by atoms with Gasteiger partial charge in [-0.25, -0.2) is 4.39 Å². The number of thiophene rings is 1. The van der Waals surface area contributed by atoms with E-state index in [0.29, 0.717) is 5.75 Å². The Morgan fingerprint density at radius 1 is 0.962 bits per heavy atom. The molecular formula is C20H16FN3S2. The van der Waals surface area contributed by atoms with Gasteiger partial charge < -0.3 is 0 Å². The largest absolute Gasteiger partial charge is 0.274 e. The molecule has 0 radical (unpaired) electrons. The van der Waals surface area contributed by atoms with Crippen molar-refractivity contribution >= 4 is 23.1 Å². The molecule has 0 amide bonds. The van der Waals surface area contributed by atoms with Crippen LogP contribution in [0, 0.1) is 5.82 Å². The molecule has 0 aliphatic carbocycles. The second-order valence-corrected chi connectivity index (χ2v) is 7.72. The fourth-order valence-corrected chi connectivity index (χ4v) is 4.30. The van der Waals surface area contributed by atoms with Crippen molar-refractivity contribution in [3.8, 4) is 5.69 Å². The van der Waals surface area contributed by atoms with Crippen LogP contribution in [-0.2, 0) is 12.2 Å². The zero-order chi connectivity index (χ0) is 17.8. The lowest BCUT2D eigenvalue weighted by molar-refractivity contribution is 0.626. The van der Waals surface area contributed by atoms with Crippen molar-refractivity contribution in [2.45, 2.75) is 17.3 Å². The normalized spacial score (nSPS) is 11.0. The molecule has 0 aliphatic rings. The van der Waals surface area contributed by atoms with E-state index < -0.39 is 0 Å². The highest BCUT2D eigenvalue weighted by molar-refractivity contribution is 7.98. The SMILES string of the molecule is Fc1cccc(CSc2nnc(Cc3cccs3)n2-c2ccccc2)c1. The van der Waals surface area contributed by atoms with Crippen molar-refractivity contribution in [3.63, 3.8) is 0 Å². The number of rotatable bonds is 6. The average molecular weight is 382 g/mol. The van der Waals surface area contributed by atoms with Gasteiger partial charge in [-0.3, -0.25) is 4.57 Å². The summed E-state index contributed by atoms with van der Waals surface area (Å²) in [5, 5.41) is 11.7. The molecule has 0 N–H and O–H groups in total. The molecule has 0 atom stereocenters. The Bertz CT molecular complexity index is 981. The standard InChI is InChI=1S/C20H16FN3S2/c21-16-7-4-6-15(12-16)14-26-20-23-22-19(13-18-10-5-11-25-18)24(20)17-8-2-1-3-9-17/h1-12H,13-14H2. The molecule has 0 bridgehead atoms. The van der Waals surface area contributed by atoms with E-state index in [2.05, 4.69) is 26.2 Å². The number of para-hydroxylation sites is 1. The summed E-state index contributed by atoms with van der Waals surface area (Å²) >= 11 is 3.28. The molecule has 0 saturated carbocycles. The Balaban J connectivity index is 1.64. The van der Waals surface area contributed by atoms with Crippen LogP contribution in [0.5, 0.6) is 0 Å². The van der Waals surface area contributed by atoms with E-state index in [4.69, 9.17) is 0 Å². The Labute approximate surface area is 159 Å². The monoisotopic (exact) mass is 381 g/mol. The second kappa shape index (κ2) is 7.85. The van der Waals surface area contributed by atoms with E-state index in [1.165, 1.54) is 10.9 Å². The zero-order valence-electron chi connectivity index (χ0n) is 13.9. The number of benzene rings is 2. The van der Waals surface area contributed by atoms with Gasteiger partial charge in [0.25, 0.3) is 0 Å². The fourth-order valence-electron chi connectivity index (χ4n) is 2.69. The molecule has 4 aromatic rings. The van der Waals surface area contributed by atoms with Crippen molar-refractivity contribution < 1.29 is 4.39 Å². The van der Waals surface area contributed by atoms with E-state index in [9.17, 15) is 4.39 Å². The van der Waals surface area contributed by atoms with Gasteiger partial charge >= 0.3 is 0 Å². The third-order valence-electron chi connectivity index (χ3n) is 3.88. The van der Waals surface area contributed by atoms with Crippen LogP contribution in [0.25, 0.3) is 5.69 Å². The van der Waals surface area contributed by atoms with Crippen molar-refractivity contribution in [2.75, 3.05) is 0 Å². The summed E-state index contributed by atoms with van der Waals surface area (Å²) in [6.07, 6.45) is 0.736. The molecule has 0 aliphatic heterocycles. The first-order chi connectivity index (χ1) is 12.8. The summed E-state index contributed by atoms with van der Waals surface area (Å²) in [7, 11) is 0. The predicted molar refractivity (Wildman–Crippen MR) is 104 cm³/mol. The number of hydrogen-bond donors (Lipinski definition) is 0. The molecule has 0 spiro atoms. The van der Waals surface area contributed by atoms with Gasteiger partial charge in [0.2, 0.25) is 0 Å². The molecule has 2 aromatic carbocycles. The van der Waals surface area contributed by atoms with Crippen molar-refractivity contribution in [2.24, 2.45) is 0 Å². The molecule has 130 valence electrons. The average Bonchev–Trinajstić information content (AvgIpc) is 3.31. The first kappa shape index (κ1) is 17.0. The van der Waals surface area contributed by atoms with Gasteiger partial charge in [0, 0.05) is 22.7 Å². The lowest BCUT2D eigenvalue weighted by atomic mass is 10.2. The highest BCUT2D eigenvalue weighted by Crippen LogP contribution is 2.27. The van der Waals surface area contributed by atoms with Crippen LogP contribution < -0.4 is 0 Å². The van der Waals surface area contributed by atoms with Crippen LogP contribution in [0.15, 0.2) is 77.3 Å². The topological polar surface area (TPSA) is 30.7 Å². The van der Waals surface area contributed by atoms with Crippen molar-refractivity contribution in [3.05, 3.63) is 94.2 Å². The van der Waals surface area contributed by atoms with Gasteiger partial charge in [-0.15, -0.1) is 21.5 Å². The van der Waals surface area contributed by atoms with Crippen LogP contribution in [0.1, 0.15) is 16.3 Å². The van der Waals surface area contributed by atoms with E-state index in [1.807, 2.05) is 42.5 Å². The van der Waals surface area contributed by atoms with Crippen molar-refractivity contribution in [1.29, 1.82) is 0 Å². The van der Waals surface area contributed by atoms with Gasteiger partial charge in [-0.2, -0.15) is 0 Å². The Kier molecular flexibility index (Phi) is 5.13. The summed E-state index contributed by atoms with van der Waals surface area (Å²) in [5.74, 6) is 1.33. The highest BCUT2D eigenvalue weighted by atomic mass is 32.2. The molecule has 26 heavy (non-hydrogen) atoms. The predicted octanol–water partition coefficient (Wildman–Crippen LogP) is 5.35. The Morgan fingerprint density at radius 2 is 1.85 bits per heavy atom. The number of thioether (sulfide) groups is 1. The van der Waals surface area contributed by atoms with Crippen LogP contribution in [-0.4, -0.2) is 14.8 Å². The Morgan fingerprint density at radius 3 is 2.62 bits per heavy atom. The maximum absolute atomic E-state index is 13.4. The number of hydrogen-bond acceptors (Lipinski definition) is 4. The maximum Gasteiger partial charge on any atom is 0.196 e. The first-order valence-corrected chi connectivity index (χ1v) is 10.1. The first-order valence-electron chi connectivity index (χ1n) is 8.19. The smallest absolute Gasteiger partial charge is 0.196 e. The van der Waals surface area contributed by atoms with Gasteiger partial charge in [0.15, 0.2) is 5.16 Å². The van der Waals surface area contributed by atoms with E-state index in [-0.39, 0.29) is 5.82 Å². The summed E-state index contributed by atoms with van der Waals surface area (Å²) in [4.78, 5) is 1.25. The quantitative estimate of drug-likeness (QED) is 0.422. The molecule has 0 saturated heterocycles. The molecule has 6 heteroatoms. The molecule has 2 aromatic heterocycles. The lowest BCUT2D eigenvalue weighted by Gasteiger charge is -2.10. The zero-order valence-corrected chi connectivity index (χ0v) is 15.5. The van der Waals surface area contributed by atoms with Gasteiger partial charge in [0.05, 0.1) is 0 Å². The van der Waals surface area contributed by atoms with Gasteiger partial charge in [0.1, 0.15) is 11.6 Å². The summed E-state index contributed by atoms with van der Waals surface area (Å²) in [6, 6.07) is 20.9. The van der Waals surface area contributed by atoms with Crippen LogP contribution in [0.4, 0.5) is 4.39 Å². The molecule has 3 nitrogen and oxygen atoms in total. The van der Waals surface area contributed by atoms with Gasteiger partial charge in [-0.1, -0.05) is 48.2 Å². The maximum atomic E-state index is 13.4. The van der Waals surface area contributed by atoms with Crippen molar-refractivity contribution in [1.82, 2.24) is 14.8 Å². The van der Waals surface area contributed by atoms with E-state index >= 15 is 0 Å². The Hall–Kier alpha value is -2.44. The van der Waals surface area contributed by atoms with Gasteiger partial charge in [-0.05, 0) is 41.3 Å². The minimum Gasteiger partial charge on any atom is -0.274 e. The molecular weight excluding hydrogens is 365 g/mol. The third-order valence-corrected chi connectivity index (χ3v) is 5.76. The second-order valence-electron chi connectivity index (χ2n) is 5.74. The number of aromatic nitrogens is 3. The molecule has 2 heterocycles. The lowest BCUT2D eigenvalue weighted by Crippen LogP contribution is -2.03. The summed E-state index contributed by atoms with van der Waals surface area (Å²) in [6.45, 7) is 0. The summed E-state index contributed by atoms with van der Waals surface area (Å²) in [5.41, 5.74) is 1.96. The number of nitrogens with zero attached hydrogens (tertiary/aromatic N) is 3. The molecule has 0 fully saturated rings. The molecule has 4 rings (SSSR count). The van der Waals surface area contributed by atoms with Crippen LogP contribution in [0.3, 0.4) is 0 Å². The minimum absolute atomic E-state index is 0.217. The van der Waals surface area contributed by atoms with E-state index in [0.717, 1.165) is 28.7 Å². The van der Waals surface area contributed by atoms with E-state index in [1.54, 1.807) is 35.2 Å². The minimum atomic E-state index is -0.217. The number of halogens is 1. The molecule has 0 unspecified atom stereocenters.